The Morgan fingerprint density at radius 2 is 0.750 bits per heavy atom. The van der Waals surface area contributed by atoms with Gasteiger partial charge >= 0.3 is 35.8 Å². The van der Waals surface area contributed by atoms with Crippen molar-refractivity contribution in [2.45, 2.75) is 13.8 Å². The molecule has 0 fully saturated rings. The number of aliphatic carboxylic acids is 4. The molecule has 226 valence electrons. The van der Waals surface area contributed by atoms with Crippen molar-refractivity contribution in [2.24, 2.45) is 0 Å². The summed E-state index contributed by atoms with van der Waals surface area (Å²) in [5, 5.41) is 36.0. The number of hydrogen-bond donors (Lipinski definition) is 4. The Balaban J connectivity index is 5.70. The molecule has 0 unspecified atom stereocenters. The molecular formula is C22H34N4O14. The number of esters is 2. The fourth-order valence-corrected chi connectivity index (χ4v) is 3.16. The van der Waals surface area contributed by atoms with E-state index in [1.807, 2.05) is 0 Å². The summed E-state index contributed by atoms with van der Waals surface area (Å²) in [5.41, 5.74) is 0. The topological polar surface area (TPSA) is 249 Å². The monoisotopic (exact) mass is 578 g/mol. The largest absolute Gasteiger partial charge is 0.480 e. The van der Waals surface area contributed by atoms with E-state index in [-0.39, 0.29) is 39.4 Å². The molecule has 4 N–H and O–H groups in total. The highest BCUT2D eigenvalue weighted by Crippen LogP contribution is 2.01. The number of ether oxygens (including phenoxy) is 2. The molecule has 0 spiro atoms. The third kappa shape index (κ3) is 18.0. The van der Waals surface area contributed by atoms with Crippen LogP contribution in [0.5, 0.6) is 0 Å². The van der Waals surface area contributed by atoms with E-state index in [4.69, 9.17) is 29.9 Å². The van der Waals surface area contributed by atoms with Gasteiger partial charge in [-0.2, -0.15) is 0 Å². The standard InChI is InChI=1S/C22H34N4O14/c1-15(27)39-7-5-23(9-17(29)25(11-19(31)32)12-20(33)34)3-4-24(6-8-40-16(2)28)10-18(30)26(13-21(35)36)14-22(37)38/h3-14H2,1-2H3,(H,31,32)(H,33,34)(H,35,36)(H,37,38). The number of hydrogen-bond acceptors (Lipinski definition) is 12. The van der Waals surface area contributed by atoms with Crippen LogP contribution in [0.3, 0.4) is 0 Å². The minimum absolute atomic E-state index is 0.0355. The van der Waals surface area contributed by atoms with Crippen LogP contribution in [-0.2, 0) is 47.8 Å². The van der Waals surface area contributed by atoms with Crippen molar-refractivity contribution in [1.29, 1.82) is 0 Å². The maximum absolute atomic E-state index is 12.7. The molecular weight excluding hydrogens is 544 g/mol. The van der Waals surface area contributed by atoms with Crippen LogP contribution in [0, 0.1) is 0 Å². The molecule has 18 nitrogen and oxygen atoms in total. The zero-order valence-electron chi connectivity index (χ0n) is 22.1. The van der Waals surface area contributed by atoms with Crippen LogP contribution >= 0.6 is 0 Å². The van der Waals surface area contributed by atoms with Gasteiger partial charge in [-0.25, -0.2) is 0 Å². The summed E-state index contributed by atoms with van der Waals surface area (Å²) in [6.45, 7) is -2.72. The van der Waals surface area contributed by atoms with Crippen LogP contribution in [0.1, 0.15) is 13.8 Å². The molecule has 0 aromatic rings. The molecule has 0 aliphatic rings. The summed E-state index contributed by atoms with van der Waals surface area (Å²) >= 11 is 0. The van der Waals surface area contributed by atoms with E-state index in [1.54, 1.807) is 0 Å². The van der Waals surface area contributed by atoms with Gasteiger partial charge in [0.2, 0.25) is 11.8 Å². The number of carbonyl (C=O) groups excluding carboxylic acids is 4. The zero-order chi connectivity index (χ0) is 30.8. The summed E-state index contributed by atoms with van der Waals surface area (Å²) in [7, 11) is 0. The van der Waals surface area contributed by atoms with Crippen molar-refractivity contribution in [3.05, 3.63) is 0 Å². The molecule has 0 saturated carbocycles. The minimum Gasteiger partial charge on any atom is -0.480 e. The highest BCUT2D eigenvalue weighted by molar-refractivity contribution is 5.87. The third-order valence-corrected chi connectivity index (χ3v) is 4.89. The first-order valence-electron chi connectivity index (χ1n) is 11.7. The zero-order valence-corrected chi connectivity index (χ0v) is 22.1. The number of amides is 2. The van der Waals surface area contributed by atoms with Gasteiger partial charge in [0.05, 0.1) is 13.1 Å². The van der Waals surface area contributed by atoms with Crippen LogP contribution in [-0.4, -0.2) is 166 Å². The van der Waals surface area contributed by atoms with Gasteiger partial charge in [-0.05, 0) is 0 Å². The van der Waals surface area contributed by atoms with E-state index in [9.17, 15) is 38.4 Å². The normalized spacial score (nSPS) is 10.6. The minimum atomic E-state index is -1.44. The number of rotatable bonds is 21. The average Bonchev–Trinajstić information content (AvgIpc) is 2.79. The first kappa shape index (κ1) is 35.7. The van der Waals surface area contributed by atoms with Crippen LogP contribution in [0.15, 0.2) is 0 Å². The molecule has 2 amide bonds. The summed E-state index contributed by atoms with van der Waals surface area (Å²) in [5.74, 6) is -8.71. The lowest BCUT2D eigenvalue weighted by Gasteiger charge is -2.29. The maximum Gasteiger partial charge on any atom is 0.323 e. The molecule has 0 heterocycles. The Morgan fingerprint density at radius 1 is 0.475 bits per heavy atom. The van der Waals surface area contributed by atoms with Crippen molar-refractivity contribution in [2.75, 3.05) is 78.7 Å². The van der Waals surface area contributed by atoms with Gasteiger partial charge in [-0.1, -0.05) is 0 Å². The van der Waals surface area contributed by atoms with Crippen LogP contribution < -0.4 is 0 Å². The summed E-state index contributed by atoms with van der Waals surface area (Å²) < 4.78 is 9.75. The lowest BCUT2D eigenvalue weighted by Crippen LogP contribution is -2.49. The highest BCUT2D eigenvalue weighted by atomic mass is 16.5. The third-order valence-electron chi connectivity index (χ3n) is 4.89. The van der Waals surface area contributed by atoms with E-state index >= 15 is 0 Å². The van der Waals surface area contributed by atoms with Crippen molar-refractivity contribution in [3.63, 3.8) is 0 Å². The van der Waals surface area contributed by atoms with Gasteiger partial charge in [-0.3, -0.25) is 48.2 Å². The van der Waals surface area contributed by atoms with Gasteiger partial charge in [-0.15, -0.1) is 0 Å². The van der Waals surface area contributed by atoms with E-state index in [0.29, 0.717) is 9.80 Å². The number of carboxylic acids is 4. The summed E-state index contributed by atoms with van der Waals surface area (Å²) in [4.78, 5) is 96.0. The van der Waals surface area contributed by atoms with Gasteiger partial charge < -0.3 is 39.7 Å². The SMILES string of the molecule is CC(=O)OCCN(CCN(CCOC(C)=O)CC(=O)N(CC(=O)O)CC(=O)O)CC(=O)N(CC(=O)O)CC(=O)O. The first-order valence-corrected chi connectivity index (χ1v) is 11.7. The molecule has 0 saturated heterocycles. The van der Waals surface area contributed by atoms with Gasteiger partial charge in [0, 0.05) is 40.0 Å². The van der Waals surface area contributed by atoms with Gasteiger partial charge in [0.15, 0.2) is 0 Å². The van der Waals surface area contributed by atoms with E-state index < -0.39 is 86.9 Å². The van der Waals surface area contributed by atoms with Crippen molar-refractivity contribution in [3.8, 4) is 0 Å². The lowest BCUT2D eigenvalue weighted by molar-refractivity contribution is -0.150. The fraction of sp³-hybridized carbons (Fsp3) is 0.636. The van der Waals surface area contributed by atoms with Gasteiger partial charge in [0.1, 0.15) is 39.4 Å². The quantitative estimate of drug-likeness (QED) is 0.0974. The molecule has 0 aromatic carbocycles. The summed E-state index contributed by atoms with van der Waals surface area (Å²) in [6.07, 6.45) is 0. The number of nitrogens with zero attached hydrogens (tertiary/aromatic N) is 4. The molecule has 0 atom stereocenters. The predicted molar refractivity (Wildman–Crippen MR) is 130 cm³/mol. The molecule has 0 aromatic heterocycles. The van der Waals surface area contributed by atoms with Crippen LogP contribution in [0.2, 0.25) is 0 Å². The molecule has 0 aliphatic heterocycles. The van der Waals surface area contributed by atoms with E-state index in [1.165, 1.54) is 9.80 Å². The van der Waals surface area contributed by atoms with Crippen molar-refractivity contribution < 1.29 is 68.3 Å². The average molecular weight is 579 g/mol. The van der Waals surface area contributed by atoms with Crippen LogP contribution in [0.4, 0.5) is 0 Å². The Labute approximate surface area is 228 Å². The second-order valence-electron chi connectivity index (χ2n) is 8.31. The molecule has 0 radical (unpaired) electrons. The predicted octanol–water partition coefficient (Wildman–Crippen LogP) is -3.29. The first-order chi connectivity index (χ1) is 18.6. The molecule has 18 heteroatoms. The van der Waals surface area contributed by atoms with Crippen molar-refractivity contribution >= 4 is 47.6 Å². The lowest BCUT2D eigenvalue weighted by atomic mass is 10.3. The molecule has 40 heavy (non-hydrogen) atoms. The second kappa shape index (κ2) is 18.9. The molecule has 0 bridgehead atoms. The van der Waals surface area contributed by atoms with E-state index in [2.05, 4.69) is 0 Å². The Kier molecular flexibility index (Phi) is 16.8. The van der Waals surface area contributed by atoms with Crippen molar-refractivity contribution in [1.82, 2.24) is 19.6 Å². The molecule has 0 aliphatic carbocycles. The fourth-order valence-electron chi connectivity index (χ4n) is 3.16. The number of carboxylic acid groups (broad SMARTS) is 4. The van der Waals surface area contributed by atoms with Gasteiger partial charge in [0.25, 0.3) is 0 Å². The molecule has 0 rings (SSSR count). The Morgan fingerprint density at radius 3 is 0.975 bits per heavy atom. The Hall–Kier alpha value is -4.32. The number of carbonyl (C=O) groups is 8. The summed E-state index contributed by atoms with van der Waals surface area (Å²) in [6, 6.07) is 0. The maximum atomic E-state index is 12.7. The van der Waals surface area contributed by atoms with Crippen LogP contribution in [0.25, 0.3) is 0 Å². The Bertz CT molecular complexity index is 834. The second-order valence-corrected chi connectivity index (χ2v) is 8.31. The van der Waals surface area contributed by atoms with E-state index in [0.717, 1.165) is 13.8 Å². The highest BCUT2D eigenvalue weighted by Gasteiger charge is 2.25. The smallest absolute Gasteiger partial charge is 0.323 e.